The second-order valence-corrected chi connectivity index (χ2v) is 4.64. The van der Waals surface area contributed by atoms with Crippen LogP contribution < -0.4 is 5.32 Å². The van der Waals surface area contributed by atoms with Gasteiger partial charge in [0.2, 0.25) is 0 Å². The van der Waals surface area contributed by atoms with Crippen LogP contribution in [0.5, 0.6) is 0 Å². The number of carbonyl (C=O) groups is 1. The third kappa shape index (κ3) is 2.11. The van der Waals surface area contributed by atoms with Crippen molar-refractivity contribution in [1.82, 2.24) is 20.1 Å². The van der Waals surface area contributed by atoms with Crippen LogP contribution in [0.2, 0.25) is 0 Å². The Kier molecular flexibility index (Phi) is 2.59. The van der Waals surface area contributed by atoms with Crippen LogP contribution in [0.15, 0.2) is 30.9 Å². The molecule has 92 valence electrons. The number of carbonyl (C=O) groups excluding carboxylic acids is 1. The standard InChI is InChI=1S/C13H14N4O/c1-9-2-5-12(17-7-14-15-8-17)11(6-9)13(18)16-10-3-4-10/h2,5-8,10H,3-4H2,1H3,(H,16,18). The van der Waals surface area contributed by atoms with E-state index in [9.17, 15) is 4.79 Å². The summed E-state index contributed by atoms with van der Waals surface area (Å²) in [6.45, 7) is 1.98. The lowest BCUT2D eigenvalue weighted by Crippen LogP contribution is -2.26. The van der Waals surface area contributed by atoms with Crippen LogP contribution in [0.25, 0.3) is 5.69 Å². The minimum Gasteiger partial charge on any atom is -0.349 e. The van der Waals surface area contributed by atoms with Gasteiger partial charge in [0.15, 0.2) is 0 Å². The van der Waals surface area contributed by atoms with Crippen molar-refractivity contribution in [3.63, 3.8) is 0 Å². The highest BCUT2D eigenvalue weighted by atomic mass is 16.1. The number of aromatic nitrogens is 3. The zero-order chi connectivity index (χ0) is 12.5. The fourth-order valence-corrected chi connectivity index (χ4v) is 1.87. The van der Waals surface area contributed by atoms with E-state index in [2.05, 4.69) is 15.5 Å². The molecule has 0 atom stereocenters. The van der Waals surface area contributed by atoms with Gasteiger partial charge in [-0.1, -0.05) is 11.6 Å². The SMILES string of the molecule is Cc1ccc(-n2cnnc2)c(C(=O)NC2CC2)c1. The lowest BCUT2D eigenvalue weighted by molar-refractivity contribution is 0.0951. The number of aryl methyl sites for hydroxylation is 1. The Hall–Kier alpha value is -2.17. The van der Waals surface area contributed by atoms with E-state index < -0.39 is 0 Å². The number of amides is 1. The molecule has 1 aliphatic carbocycles. The van der Waals surface area contributed by atoms with E-state index in [1.54, 1.807) is 17.2 Å². The predicted molar refractivity (Wildman–Crippen MR) is 66.6 cm³/mol. The molecule has 1 aliphatic rings. The summed E-state index contributed by atoms with van der Waals surface area (Å²) in [5.74, 6) is -0.0232. The molecule has 1 fully saturated rings. The van der Waals surface area contributed by atoms with Gasteiger partial charge in [0, 0.05) is 6.04 Å². The fourth-order valence-electron chi connectivity index (χ4n) is 1.87. The molecule has 0 unspecified atom stereocenters. The molecule has 5 nitrogen and oxygen atoms in total. The number of rotatable bonds is 3. The first-order valence-electron chi connectivity index (χ1n) is 6.00. The van der Waals surface area contributed by atoms with Gasteiger partial charge < -0.3 is 5.32 Å². The molecule has 3 rings (SSSR count). The molecule has 1 N–H and O–H groups in total. The largest absolute Gasteiger partial charge is 0.349 e. The molecule has 5 heteroatoms. The van der Waals surface area contributed by atoms with Crippen LogP contribution in [0, 0.1) is 6.92 Å². The maximum Gasteiger partial charge on any atom is 0.253 e. The number of nitrogens with one attached hydrogen (secondary N) is 1. The van der Waals surface area contributed by atoms with Gasteiger partial charge in [0.1, 0.15) is 12.7 Å². The highest BCUT2D eigenvalue weighted by Gasteiger charge is 2.25. The summed E-state index contributed by atoms with van der Waals surface area (Å²) in [5, 5.41) is 10.6. The molecule has 0 radical (unpaired) electrons. The van der Waals surface area contributed by atoms with E-state index in [0.29, 0.717) is 11.6 Å². The number of hydrogen-bond acceptors (Lipinski definition) is 3. The van der Waals surface area contributed by atoms with Crippen molar-refractivity contribution in [2.45, 2.75) is 25.8 Å². The molecule has 0 saturated heterocycles. The molecule has 18 heavy (non-hydrogen) atoms. The lowest BCUT2D eigenvalue weighted by atomic mass is 10.1. The monoisotopic (exact) mass is 242 g/mol. The van der Waals surface area contributed by atoms with Gasteiger partial charge in [-0.3, -0.25) is 9.36 Å². The Morgan fingerprint density at radius 3 is 2.72 bits per heavy atom. The molecule has 0 aliphatic heterocycles. The third-order valence-corrected chi connectivity index (χ3v) is 3.01. The summed E-state index contributed by atoms with van der Waals surface area (Å²) in [6, 6.07) is 6.14. The van der Waals surface area contributed by atoms with Crippen LogP contribution in [-0.2, 0) is 0 Å². The first-order valence-corrected chi connectivity index (χ1v) is 6.00. The minimum atomic E-state index is -0.0232. The summed E-state index contributed by atoms with van der Waals surface area (Å²) < 4.78 is 1.75. The Balaban J connectivity index is 1.99. The summed E-state index contributed by atoms with van der Waals surface area (Å²) in [6.07, 6.45) is 5.36. The summed E-state index contributed by atoms with van der Waals surface area (Å²) in [4.78, 5) is 12.2. The Morgan fingerprint density at radius 1 is 1.33 bits per heavy atom. The highest BCUT2D eigenvalue weighted by Crippen LogP contribution is 2.21. The average Bonchev–Trinajstić information content (AvgIpc) is 3.01. The third-order valence-electron chi connectivity index (χ3n) is 3.01. The Bertz CT molecular complexity index is 573. The Morgan fingerprint density at radius 2 is 2.06 bits per heavy atom. The molecule has 1 aromatic carbocycles. The number of benzene rings is 1. The summed E-state index contributed by atoms with van der Waals surface area (Å²) in [7, 11) is 0. The van der Waals surface area contributed by atoms with Crippen molar-refractivity contribution in [3.8, 4) is 5.69 Å². The Labute approximate surface area is 105 Å². The molecule has 1 saturated carbocycles. The maximum absolute atomic E-state index is 12.2. The van der Waals surface area contributed by atoms with Gasteiger partial charge in [-0.15, -0.1) is 10.2 Å². The van der Waals surface area contributed by atoms with Crippen LogP contribution in [-0.4, -0.2) is 26.7 Å². The van der Waals surface area contributed by atoms with Gasteiger partial charge >= 0.3 is 0 Å². The van der Waals surface area contributed by atoms with E-state index in [1.165, 1.54) is 0 Å². The van der Waals surface area contributed by atoms with Gasteiger partial charge in [-0.25, -0.2) is 0 Å². The van der Waals surface area contributed by atoms with E-state index in [-0.39, 0.29) is 5.91 Å². The van der Waals surface area contributed by atoms with Crippen molar-refractivity contribution >= 4 is 5.91 Å². The van der Waals surface area contributed by atoms with Crippen molar-refractivity contribution in [1.29, 1.82) is 0 Å². The second kappa shape index (κ2) is 4.25. The van der Waals surface area contributed by atoms with Crippen LogP contribution in [0.4, 0.5) is 0 Å². The number of nitrogens with zero attached hydrogens (tertiary/aromatic N) is 3. The van der Waals surface area contributed by atoms with Crippen molar-refractivity contribution in [3.05, 3.63) is 42.0 Å². The smallest absolute Gasteiger partial charge is 0.253 e. The van der Waals surface area contributed by atoms with E-state index in [0.717, 1.165) is 24.1 Å². The van der Waals surface area contributed by atoms with Crippen molar-refractivity contribution in [2.24, 2.45) is 0 Å². The van der Waals surface area contributed by atoms with Gasteiger partial charge in [0.25, 0.3) is 5.91 Å². The first kappa shape index (κ1) is 11.0. The summed E-state index contributed by atoms with van der Waals surface area (Å²) in [5.41, 5.74) is 2.54. The van der Waals surface area contributed by atoms with E-state index in [1.807, 2.05) is 25.1 Å². The molecule has 1 aromatic heterocycles. The highest BCUT2D eigenvalue weighted by molar-refractivity contribution is 5.98. The van der Waals surface area contributed by atoms with E-state index >= 15 is 0 Å². The maximum atomic E-state index is 12.2. The molecule has 1 heterocycles. The molecule has 0 spiro atoms. The molecular formula is C13H14N4O. The summed E-state index contributed by atoms with van der Waals surface area (Å²) >= 11 is 0. The van der Waals surface area contributed by atoms with Crippen molar-refractivity contribution in [2.75, 3.05) is 0 Å². The topological polar surface area (TPSA) is 59.8 Å². The predicted octanol–water partition coefficient (Wildman–Crippen LogP) is 1.47. The average molecular weight is 242 g/mol. The first-order chi connectivity index (χ1) is 8.74. The minimum absolute atomic E-state index is 0.0232. The van der Waals surface area contributed by atoms with Crippen LogP contribution in [0.3, 0.4) is 0 Å². The van der Waals surface area contributed by atoms with Crippen LogP contribution >= 0.6 is 0 Å². The zero-order valence-corrected chi connectivity index (χ0v) is 10.1. The normalized spacial score (nSPS) is 14.5. The lowest BCUT2D eigenvalue weighted by Gasteiger charge is -2.10. The van der Waals surface area contributed by atoms with Crippen molar-refractivity contribution < 1.29 is 4.79 Å². The molecule has 1 amide bonds. The number of hydrogen-bond donors (Lipinski definition) is 1. The second-order valence-electron chi connectivity index (χ2n) is 4.64. The van der Waals surface area contributed by atoms with Gasteiger partial charge in [-0.05, 0) is 31.9 Å². The van der Waals surface area contributed by atoms with Gasteiger partial charge in [0.05, 0.1) is 11.3 Å². The quantitative estimate of drug-likeness (QED) is 0.886. The fraction of sp³-hybridized carbons (Fsp3) is 0.308. The van der Waals surface area contributed by atoms with Crippen LogP contribution in [0.1, 0.15) is 28.8 Å². The van der Waals surface area contributed by atoms with E-state index in [4.69, 9.17) is 0 Å². The zero-order valence-electron chi connectivity index (χ0n) is 10.1. The van der Waals surface area contributed by atoms with Gasteiger partial charge in [-0.2, -0.15) is 0 Å². The molecular weight excluding hydrogens is 228 g/mol. The molecule has 0 bridgehead atoms. The molecule has 2 aromatic rings.